The highest BCUT2D eigenvalue weighted by atomic mass is 16.7. The Hall–Kier alpha value is -2.79. The number of esters is 3. The number of aliphatic hydroxyl groups excluding tert-OH is 1. The Bertz CT molecular complexity index is 1560. The number of aliphatic hydroxyl groups is 3. The molecule has 51 heavy (non-hydrogen) atoms. The molecule has 0 aromatic heterocycles. The summed E-state index contributed by atoms with van der Waals surface area (Å²) >= 11 is 0. The molecule has 1 aromatic carbocycles. The Labute approximate surface area is 302 Å². The number of hydrogen-bond acceptors (Lipinski definition) is 10. The smallest absolute Gasteiger partial charge is 0.338 e. The van der Waals surface area contributed by atoms with Gasteiger partial charge in [0.05, 0.1) is 12.2 Å². The lowest BCUT2D eigenvalue weighted by Gasteiger charge is -2.70. The van der Waals surface area contributed by atoms with Crippen LogP contribution in [-0.4, -0.2) is 75.6 Å². The van der Waals surface area contributed by atoms with Gasteiger partial charge in [-0.2, -0.15) is 0 Å². The summed E-state index contributed by atoms with van der Waals surface area (Å²) in [5, 5.41) is 32.8. The molecule has 1 heterocycles. The number of benzene rings is 1. The molecule has 1 aromatic rings. The van der Waals surface area contributed by atoms with Crippen LogP contribution in [0.4, 0.5) is 0 Å². The standard InChI is InChI=1S/C41H58O10/c1-23(42)49-33-20-30-36(3,4)32(51-35(45)25-13-11-10-12-14-25)21-34(50-24(2)43)40(30,9)29-17-18-38(7)27(15-16-28(38)39(29,33)8)26-19-31(44)41(47,48-22-26)37(5,6)46/h10-14,16,26-27,29-34,44,46-47H,15,17-22H2,1-9H3/t26?,27-,29-,30-,31+,32+,33+,34-,38-,39-,40+,41+/m0/s1. The zero-order chi connectivity index (χ0) is 37.5. The van der Waals surface area contributed by atoms with Gasteiger partial charge in [-0.15, -0.1) is 0 Å². The fourth-order valence-electron chi connectivity index (χ4n) is 12.0. The average Bonchev–Trinajstić information content (AvgIpc) is 3.40. The molecule has 10 nitrogen and oxygen atoms in total. The molecule has 10 heteroatoms. The molecule has 6 rings (SSSR count). The number of allylic oxidation sites excluding steroid dienone is 1. The van der Waals surface area contributed by atoms with Crippen LogP contribution in [0, 0.1) is 45.3 Å². The second-order valence-electron chi connectivity index (χ2n) is 18.0. The zero-order valence-corrected chi connectivity index (χ0v) is 31.7. The molecule has 0 amide bonds. The molecule has 4 aliphatic carbocycles. The van der Waals surface area contributed by atoms with Gasteiger partial charge in [-0.05, 0) is 87.2 Å². The van der Waals surface area contributed by atoms with E-state index >= 15 is 0 Å². The molecule has 0 radical (unpaired) electrons. The molecule has 1 aliphatic heterocycles. The van der Waals surface area contributed by atoms with Crippen LogP contribution in [0.2, 0.25) is 0 Å². The third kappa shape index (κ3) is 5.78. The van der Waals surface area contributed by atoms with Crippen molar-refractivity contribution in [2.45, 2.75) is 137 Å². The van der Waals surface area contributed by atoms with Gasteiger partial charge in [0.1, 0.15) is 30.0 Å². The molecule has 1 unspecified atom stereocenters. The fraction of sp³-hybridized carbons (Fsp3) is 0.732. The maximum atomic E-state index is 13.4. The molecule has 282 valence electrons. The molecular weight excluding hydrogens is 652 g/mol. The lowest BCUT2D eigenvalue weighted by atomic mass is 9.36. The van der Waals surface area contributed by atoms with Gasteiger partial charge in [-0.3, -0.25) is 9.59 Å². The topological polar surface area (TPSA) is 149 Å². The van der Waals surface area contributed by atoms with Gasteiger partial charge in [0, 0.05) is 36.5 Å². The summed E-state index contributed by atoms with van der Waals surface area (Å²) in [7, 11) is 0. The van der Waals surface area contributed by atoms with Crippen molar-refractivity contribution in [1.82, 2.24) is 0 Å². The third-order valence-electron chi connectivity index (χ3n) is 14.6. The normalized spacial score (nSPS) is 43.1. The van der Waals surface area contributed by atoms with Crippen molar-refractivity contribution in [2.75, 3.05) is 6.61 Å². The van der Waals surface area contributed by atoms with Gasteiger partial charge in [0.2, 0.25) is 5.79 Å². The number of carbonyl (C=O) groups excluding carboxylic acids is 3. The van der Waals surface area contributed by atoms with Crippen molar-refractivity contribution < 1.29 is 48.7 Å². The van der Waals surface area contributed by atoms with E-state index < -0.39 is 58.0 Å². The van der Waals surface area contributed by atoms with E-state index in [1.54, 1.807) is 24.3 Å². The summed E-state index contributed by atoms with van der Waals surface area (Å²) in [6.07, 6.45) is 2.90. The van der Waals surface area contributed by atoms with Crippen LogP contribution >= 0.6 is 0 Å². The number of ether oxygens (including phenoxy) is 4. The highest BCUT2D eigenvalue weighted by Gasteiger charge is 2.73. The van der Waals surface area contributed by atoms with Gasteiger partial charge in [0.15, 0.2) is 0 Å². The van der Waals surface area contributed by atoms with E-state index in [1.807, 2.05) is 6.07 Å². The monoisotopic (exact) mass is 710 g/mol. The second-order valence-corrected chi connectivity index (χ2v) is 18.0. The average molecular weight is 711 g/mol. The number of rotatable bonds is 6. The summed E-state index contributed by atoms with van der Waals surface area (Å²) in [6, 6.07) is 8.89. The first-order valence-electron chi connectivity index (χ1n) is 18.7. The lowest BCUT2D eigenvalue weighted by Crippen LogP contribution is -2.70. The quantitative estimate of drug-likeness (QED) is 0.189. The SMILES string of the molecule is CC(=O)O[C@H]1C[C@@H](OC(=O)c2ccccc2)C(C)(C)[C@@H]2C[C@@H](OC(C)=O)[C@@]3(C)C4=CC[C@@H](C5CO[C@@](O)(C(C)(C)O)[C@H](O)C5)[C@]4(C)CC[C@@H]3[C@@]12C. The van der Waals surface area contributed by atoms with Crippen molar-refractivity contribution in [1.29, 1.82) is 0 Å². The Kier molecular flexibility index (Phi) is 9.43. The molecule has 3 N–H and O–H groups in total. The van der Waals surface area contributed by atoms with Crippen molar-refractivity contribution in [3.63, 3.8) is 0 Å². The Balaban J connectivity index is 1.37. The number of hydrogen-bond donors (Lipinski definition) is 3. The highest BCUT2D eigenvalue weighted by molar-refractivity contribution is 5.89. The maximum Gasteiger partial charge on any atom is 0.338 e. The summed E-state index contributed by atoms with van der Waals surface area (Å²) in [5.41, 5.74) is -2.02. The summed E-state index contributed by atoms with van der Waals surface area (Å²) < 4.78 is 24.8. The predicted octanol–water partition coefficient (Wildman–Crippen LogP) is 5.76. The van der Waals surface area contributed by atoms with Crippen LogP contribution in [-0.2, 0) is 28.5 Å². The number of carbonyl (C=O) groups is 3. The van der Waals surface area contributed by atoms with E-state index in [-0.39, 0.29) is 54.1 Å². The molecule has 0 bridgehead atoms. The lowest BCUT2D eigenvalue weighted by molar-refractivity contribution is -0.353. The Morgan fingerprint density at radius 3 is 2.08 bits per heavy atom. The minimum absolute atomic E-state index is 0.0472. The van der Waals surface area contributed by atoms with Crippen LogP contribution in [0.3, 0.4) is 0 Å². The van der Waals surface area contributed by atoms with E-state index in [2.05, 4.69) is 40.7 Å². The Morgan fingerprint density at radius 2 is 1.49 bits per heavy atom. The molecule has 1 saturated heterocycles. The van der Waals surface area contributed by atoms with Gasteiger partial charge >= 0.3 is 17.9 Å². The molecule has 3 saturated carbocycles. The largest absolute Gasteiger partial charge is 0.462 e. The van der Waals surface area contributed by atoms with Crippen LogP contribution in [0.5, 0.6) is 0 Å². The highest BCUT2D eigenvalue weighted by Crippen LogP contribution is 2.74. The van der Waals surface area contributed by atoms with E-state index in [4.69, 9.17) is 18.9 Å². The first-order valence-corrected chi connectivity index (χ1v) is 18.7. The van der Waals surface area contributed by atoms with Crippen molar-refractivity contribution >= 4 is 17.9 Å². The van der Waals surface area contributed by atoms with Crippen LogP contribution in [0.15, 0.2) is 42.0 Å². The first kappa shape index (κ1) is 38.0. The zero-order valence-electron chi connectivity index (χ0n) is 31.7. The molecular formula is C41H58O10. The number of fused-ring (bicyclic) bond motifs is 5. The van der Waals surface area contributed by atoms with Crippen LogP contribution in [0.25, 0.3) is 0 Å². The van der Waals surface area contributed by atoms with E-state index in [0.29, 0.717) is 18.4 Å². The third-order valence-corrected chi connectivity index (χ3v) is 14.6. The van der Waals surface area contributed by atoms with Gasteiger partial charge < -0.3 is 34.3 Å². The van der Waals surface area contributed by atoms with Crippen molar-refractivity contribution in [3.05, 3.63) is 47.5 Å². The maximum absolute atomic E-state index is 13.4. The van der Waals surface area contributed by atoms with Crippen molar-refractivity contribution in [3.8, 4) is 0 Å². The van der Waals surface area contributed by atoms with Crippen molar-refractivity contribution in [2.24, 2.45) is 45.3 Å². The summed E-state index contributed by atoms with van der Waals surface area (Å²) in [4.78, 5) is 39.1. The Morgan fingerprint density at radius 1 is 0.863 bits per heavy atom. The summed E-state index contributed by atoms with van der Waals surface area (Å²) in [6.45, 7) is 16.9. The molecule has 0 spiro atoms. The molecule has 4 fully saturated rings. The molecule has 12 atom stereocenters. The van der Waals surface area contributed by atoms with Gasteiger partial charge in [0.25, 0.3) is 0 Å². The van der Waals surface area contributed by atoms with Gasteiger partial charge in [-0.1, -0.05) is 64.5 Å². The van der Waals surface area contributed by atoms with Crippen LogP contribution in [0.1, 0.15) is 111 Å². The van der Waals surface area contributed by atoms with E-state index in [9.17, 15) is 29.7 Å². The first-order chi connectivity index (χ1) is 23.6. The van der Waals surface area contributed by atoms with Gasteiger partial charge in [-0.25, -0.2) is 4.79 Å². The van der Waals surface area contributed by atoms with E-state index in [0.717, 1.165) is 19.3 Å². The second kappa shape index (κ2) is 12.7. The van der Waals surface area contributed by atoms with Crippen LogP contribution < -0.4 is 0 Å². The minimum Gasteiger partial charge on any atom is -0.462 e. The predicted molar refractivity (Wildman–Crippen MR) is 188 cm³/mol. The minimum atomic E-state index is -2.07. The molecule has 5 aliphatic rings. The fourth-order valence-corrected chi connectivity index (χ4v) is 12.0. The summed E-state index contributed by atoms with van der Waals surface area (Å²) in [5.74, 6) is -3.42. The van der Waals surface area contributed by atoms with E-state index in [1.165, 1.54) is 33.3 Å².